The zero-order valence-corrected chi connectivity index (χ0v) is 23.8. The Morgan fingerprint density at radius 3 is 1.78 bits per heavy atom. The van der Waals surface area contributed by atoms with Crippen LogP contribution in [-0.4, -0.2) is 20.8 Å². The summed E-state index contributed by atoms with van der Waals surface area (Å²) in [5.74, 6) is -0.548. The Morgan fingerprint density at radius 2 is 1.36 bits per heavy atom. The summed E-state index contributed by atoms with van der Waals surface area (Å²) in [6, 6.07) is 8.48. The van der Waals surface area contributed by atoms with E-state index < -0.39 is 15.7 Å². The van der Waals surface area contributed by atoms with Crippen molar-refractivity contribution in [1.82, 2.24) is 0 Å². The van der Waals surface area contributed by atoms with Crippen molar-refractivity contribution in [3.8, 4) is 31.4 Å². The molecule has 2 aromatic carbocycles. The van der Waals surface area contributed by atoms with Gasteiger partial charge in [-0.3, -0.25) is 0 Å². The van der Waals surface area contributed by atoms with Crippen molar-refractivity contribution >= 4 is 21.4 Å². The van der Waals surface area contributed by atoms with E-state index in [1.807, 2.05) is 20.8 Å². The lowest BCUT2D eigenvalue weighted by Gasteiger charge is -2.17. The van der Waals surface area contributed by atoms with Gasteiger partial charge >= 0.3 is 0 Å². The molecule has 0 unspecified atom stereocenters. The number of benzene rings is 2. The minimum atomic E-state index is -3.09. The fraction of sp³-hybridized carbons (Fsp3) is 0.448. The Morgan fingerprint density at radius 1 is 0.861 bits per heavy atom. The fourth-order valence-corrected chi connectivity index (χ4v) is 4.22. The van der Waals surface area contributed by atoms with E-state index in [0.29, 0.717) is 34.9 Å². The highest BCUT2D eigenvalue weighted by Crippen LogP contribution is 2.29. The van der Waals surface area contributed by atoms with E-state index in [1.54, 1.807) is 12.1 Å². The Labute approximate surface area is 223 Å². The van der Waals surface area contributed by atoms with Gasteiger partial charge in [-0.05, 0) is 55.7 Å². The van der Waals surface area contributed by atoms with Gasteiger partial charge < -0.3 is 4.74 Å². The quantitative estimate of drug-likeness (QED) is 0.355. The Hall–Kier alpha value is -2.54. The molecule has 0 fully saturated rings. The summed E-state index contributed by atoms with van der Waals surface area (Å²) in [7, 11) is -3.09. The van der Waals surface area contributed by atoms with Gasteiger partial charge in [-0.2, -0.15) is 0 Å². The summed E-state index contributed by atoms with van der Waals surface area (Å²) in [5, 5.41) is 0.551. The molecule has 0 aromatic heterocycles. The summed E-state index contributed by atoms with van der Waals surface area (Å²) < 4.78 is 54.0. The molecule has 2 aromatic rings. The molecule has 0 aliphatic carbocycles. The van der Waals surface area contributed by atoms with E-state index in [-0.39, 0.29) is 17.3 Å². The third-order valence-corrected chi connectivity index (χ3v) is 6.51. The number of rotatable bonds is 5. The number of sulfone groups is 1. The van der Waals surface area contributed by atoms with Crippen molar-refractivity contribution in [3.63, 3.8) is 0 Å². The summed E-state index contributed by atoms with van der Waals surface area (Å²) in [4.78, 5) is 0.346. The number of fused-ring (bicyclic) bond motifs is 1. The monoisotopic (exact) mass is 542 g/mol. The number of hydrogen-bond acceptors (Lipinski definition) is 3. The van der Waals surface area contributed by atoms with Crippen molar-refractivity contribution in [2.75, 3.05) is 12.4 Å². The molecular formula is C29H41ClF2O3S. The lowest BCUT2D eigenvalue weighted by Crippen LogP contribution is -2.11. The second-order valence-corrected chi connectivity index (χ2v) is 9.46. The van der Waals surface area contributed by atoms with Gasteiger partial charge in [-0.1, -0.05) is 65.5 Å². The van der Waals surface area contributed by atoms with Crippen LogP contribution in [0.15, 0.2) is 41.3 Å². The molecule has 1 aliphatic rings. The second kappa shape index (κ2) is 24.2. The highest BCUT2D eigenvalue weighted by Gasteiger charge is 2.18. The summed E-state index contributed by atoms with van der Waals surface area (Å²) in [5.41, 5.74) is 0.376. The molecule has 0 saturated carbocycles. The number of halogens is 3. The highest BCUT2D eigenvalue weighted by molar-refractivity contribution is 7.91. The summed E-state index contributed by atoms with van der Waals surface area (Å²) in [6.07, 6.45) is 22.0. The van der Waals surface area contributed by atoms with Crippen molar-refractivity contribution < 1.29 is 21.9 Å². The predicted molar refractivity (Wildman–Crippen MR) is 150 cm³/mol. The molecule has 0 bridgehead atoms. The topological polar surface area (TPSA) is 43.4 Å². The van der Waals surface area contributed by atoms with Crippen LogP contribution in [0.2, 0.25) is 5.02 Å². The van der Waals surface area contributed by atoms with Gasteiger partial charge in [0.15, 0.2) is 21.4 Å². The first kappa shape index (κ1) is 38.0. The van der Waals surface area contributed by atoms with Gasteiger partial charge in [0.05, 0.1) is 17.3 Å². The molecule has 0 spiro atoms. The molecular weight excluding hydrogens is 502 g/mol. The molecule has 3 nitrogen and oxygen atoms in total. The minimum Gasteiger partial charge on any atom is -0.490 e. The third-order valence-electron chi connectivity index (χ3n) is 4.33. The molecule has 0 N–H and O–H groups in total. The maximum absolute atomic E-state index is 13.0. The third kappa shape index (κ3) is 15.5. The maximum atomic E-state index is 13.0. The largest absolute Gasteiger partial charge is 0.490 e. The van der Waals surface area contributed by atoms with E-state index in [0.717, 1.165) is 18.6 Å². The summed E-state index contributed by atoms with van der Waals surface area (Å²) in [6.45, 7) is 10.7. The van der Waals surface area contributed by atoms with E-state index in [4.69, 9.17) is 16.3 Å². The van der Waals surface area contributed by atoms with Crippen LogP contribution in [0, 0.1) is 37.3 Å². The van der Waals surface area contributed by atoms with Crippen molar-refractivity contribution in [2.45, 2.75) is 78.0 Å². The molecule has 3 rings (SSSR count). The summed E-state index contributed by atoms with van der Waals surface area (Å²) >= 11 is 5.64. The Kier molecular flexibility index (Phi) is 25.5. The molecule has 36 heavy (non-hydrogen) atoms. The van der Waals surface area contributed by atoms with Gasteiger partial charge in [0.25, 0.3) is 0 Å². The molecule has 202 valence electrons. The zero-order valence-electron chi connectivity index (χ0n) is 22.2. The highest BCUT2D eigenvalue weighted by atomic mass is 35.5. The molecule has 7 heteroatoms. The van der Waals surface area contributed by atoms with E-state index in [9.17, 15) is 17.2 Å². The van der Waals surface area contributed by atoms with Crippen LogP contribution in [0.1, 0.15) is 72.3 Å². The number of terminal acetylenes is 2. The minimum absolute atomic E-state index is 0.0984. The molecule has 1 aliphatic heterocycles. The zero-order chi connectivity index (χ0) is 28.6. The lowest BCUT2D eigenvalue weighted by molar-refractivity contribution is 0.269. The van der Waals surface area contributed by atoms with Crippen LogP contribution in [0.5, 0.6) is 5.75 Å². The second-order valence-electron chi connectivity index (χ2n) is 6.92. The van der Waals surface area contributed by atoms with E-state index >= 15 is 0 Å². The fourth-order valence-electron chi connectivity index (χ4n) is 2.77. The van der Waals surface area contributed by atoms with Crippen LogP contribution in [0.4, 0.5) is 8.78 Å². The standard InChI is InChI=1S/C9H11ClO2S.C9H8F2O.C5H12.C2H6.2C2H2/c1-2-7-13(11,12)9-5-3-8(10)4-6-9;10-7-3-4-8(11)9-6(7)2-1-5-12-9;1-3-5-4-2;3*1-2/h3-6H,2,7H2,1H3;3-4H,1-2,5H2;3-5H2,1-2H3;1-2H3;2*1-2H. The average molecular weight is 543 g/mol. The molecule has 0 atom stereocenters. The number of hydrogen-bond donors (Lipinski definition) is 0. The van der Waals surface area contributed by atoms with Gasteiger partial charge in [-0.15, -0.1) is 25.7 Å². The van der Waals surface area contributed by atoms with Crippen LogP contribution in [0.25, 0.3) is 0 Å². The van der Waals surface area contributed by atoms with Crippen molar-refractivity contribution in [1.29, 1.82) is 0 Å². The number of ether oxygens (including phenoxy) is 1. The normalized spacial score (nSPS) is 10.7. The van der Waals surface area contributed by atoms with Gasteiger partial charge in [0.2, 0.25) is 0 Å². The van der Waals surface area contributed by atoms with Crippen LogP contribution in [0.3, 0.4) is 0 Å². The van der Waals surface area contributed by atoms with Gasteiger partial charge in [0, 0.05) is 10.6 Å². The lowest BCUT2D eigenvalue weighted by atomic mass is 10.1. The van der Waals surface area contributed by atoms with Crippen molar-refractivity contribution in [2.24, 2.45) is 0 Å². The van der Waals surface area contributed by atoms with Gasteiger partial charge in [0.1, 0.15) is 5.82 Å². The first-order valence-electron chi connectivity index (χ1n) is 12.0. The first-order valence-corrected chi connectivity index (χ1v) is 14.0. The van der Waals surface area contributed by atoms with Gasteiger partial charge in [-0.25, -0.2) is 17.2 Å². The van der Waals surface area contributed by atoms with E-state index in [2.05, 4.69) is 39.5 Å². The maximum Gasteiger partial charge on any atom is 0.178 e. The Balaban J connectivity index is -0.000000437. The van der Waals surface area contributed by atoms with Crippen molar-refractivity contribution in [3.05, 3.63) is 58.6 Å². The van der Waals surface area contributed by atoms with Crippen LogP contribution in [-0.2, 0) is 16.3 Å². The SMILES string of the molecule is C#C.C#C.CC.CCCCC.CCCS(=O)(=O)c1ccc(Cl)cc1.Fc1ccc(F)c2c1CCCO2. The average Bonchev–Trinajstić information content (AvgIpc) is 2.91. The molecule has 0 amide bonds. The molecule has 0 radical (unpaired) electrons. The number of unbranched alkanes of at least 4 members (excludes halogenated alkanes) is 2. The first-order chi connectivity index (χ1) is 17.3. The molecule has 1 heterocycles. The van der Waals surface area contributed by atoms with Crippen LogP contribution >= 0.6 is 11.6 Å². The predicted octanol–water partition coefficient (Wildman–Crippen LogP) is 8.54. The smallest absolute Gasteiger partial charge is 0.178 e. The Bertz CT molecular complexity index is 915. The van der Waals surface area contributed by atoms with Crippen LogP contribution < -0.4 is 4.74 Å². The molecule has 0 saturated heterocycles. The van der Waals surface area contributed by atoms with E-state index in [1.165, 1.54) is 31.4 Å².